The molecule has 2 heterocycles. The van der Waals surface area contributed by atoms with E-state index >= 15 is 0 Å². The number of likely N-dealkylation sites (tertiary alicyclic amines) is 1. The Labute approximate surface area is 144 Å². The molecule has 2 aliphatic heterocycles. The van der Waals surface area contributed by atoms with E-state index in [4.69, 9.17) is 4.74 Å². The molecule has 0 radical (unpaired) electrons. The third kappa shape index (κ3) is 4.12. The lowest BCUT2D eigenvalue weighted by atomic mass is 10.1. The van der Waals surface area contributed by atoms with Gasteiger partial charge in [0, 0.05) is 51.4 Å². The average Bonchev–Trinajstić information content (AvgIpc) is 3.16. The number of methoxy groups -OCH3 is 1. The third-order valence-corrected chi connectivity index (χ3v) is 5.62. The number of hydrogen-bond donors (Lipinski definition) is 1. The molecule has 1 N–H and O–H groups in total. The lowest BCUT2D eigenvalue weighted by Gasteiger charge is -2.39. The molecule has 136 valence electrons. The van der Waals surface area contributed by atoms with E-state index in [1.807, 2.05) is 4.90 Å². The molecule has 1 unspecified atom stereocenters. The van der Waals surface area contributed by atoms with Crippen LogP contribution in [0.4, 0.5) is 9.59 Å². The summed E-state index contributed by atoms with van der Waals surface area (Å²) in [6.07, 6.45) is 6.85. The van der Waals surface area contributed by atoms with Crippen LogP contribution in [-0.4, -0.2) is 85.3 Å². The Bertz CT molecular complexity index is 445. The van der Waals surface area contributed by atoms with Crippen molar-refractivity contribution in [2.75, 3.05) is 46.4 Å². The lowest BCUT2D eigenvalue weighted by Crippen LogP contribution is -2.57. The zero-order valence-electron chi connectivity index (χ0n) is 14.7. The van der Waals surface area contributed by atoms with Gasteiger partial charge < -0.3 is 19.9 Å². The maximum absolute atomic E-state index is 12.5. The van der Waals surface area contributed by atoms with Gasteiger partial charge in [-0.15, -0.1) is 0 Å². The SMILES string of the molecule is COC(=O)N1CCCC(NC(=O)N2CCN(C3CCCC3)CC2)C1. The van der Waals surface area contributed by atoms with Crippen LogP contribution in [0.2, 0.25) is 0 Å². The van der Waals surface area contributed by atoms with Gasteiger partial charge in [0.2, 0.25) is 0 Å². The van der Waals surface area contributed by atoms with Crippen LogP contribution in [0.15, 0.2) is 0 Å². The number of piperazine rings is 1. The van der Waals surface area contributed by atoms with Crippen molar-refractivity contribution in [3.8, 4) is 0 Å². The van der Waals surface area contributed by atoms with Crippen LogP contribution < -0.4 is 5.32 Å². The number of hydrogen-bond acceptors (Lipinski definition) is 4. The predicted molar refractivity (Wildman–Crippen MR) is 90.9 cm³/mol. The molecule has 0 aromatic carbocycles. The van der Waals surface area contributed by atoms with Gasteiger partial charge in [-0.2, -0.15) is 0 Å². The van der Waals surface area contributed by atoms with Crippen molar-refractivity contribution in [3.63, 3.8) is 0 Å². The van der Waals surface area contributed by atoms with Crippen molar-refractivity contribution < 1.29 is 14.3 Å². The first-order valence-corrected chi connectivity index (χ1v) is 9.30. The van der Waals surface area contributed by atoms with Crippen LogP contribution in [0, 0.1) is 0 Å². The number of piperidine rings is 1. The summed E-state index contributed by atoms with van der Waals surface area (Å²) in [4.78, 5) is 30.3. The van der Waals surface area contributed by atoms with E-state index in [-0.39, 0.29) is 18.2 Å². The minimum Gasteiger partial charge on any atom is -0.453 e. The molecule has 3 fully saturated rings. The van der Waals surface area contributed by atoms with Crippen LogP contribution in [-0.2, 0) is 4.74 Å². The number of rotatable bonds is 2. The molecule has 3 rings (SSSR count). The first kappa shape index (κ1) is 17.3. The minimum atomic E-state index is -0.306. The van der Waals surface area contributed by atoms with E-state index in [9.17, 15) is 9.59 Å². The Hall–Kier alpha value is -1.50. The summed E-state index contributed by atoms with van der Waals surface area (Å²) in [6, 6.07) is 0.776. The van der Waals surface area contributed by atoms with Crippen LogP contribution in [0.1, 0.15) is 38.5 Å². The molecule has 0 spiro atoms. The molecule has 0 aromatic heterocycles. The van der Waals surface area contributed by atoms with Crippen LogP contribution in [0.25, 0.3) is 0 Å². The van der Waals surface area contributed by atoms with Gasteiger partial charge in [-0.3, -0.25) is 4.90 Å². The van der Waals surface area contributed by atoms with Crippen molar-refractivity contribution in [1.82, 2.24) is 20.0 Å². The molecule has 1 atom stereocenters. The van der Waals surface area contributed by atoms with Gasteiger partial charge in [-0.1, -0.05) is 12.8 Å². The van der Waals surface area contributed by atoms with E-state index in [0.29, 0.717) is 13.1 Å². The molecule has 7 heteroatoms. The van der Waals surface area contributed by atoms with Crippen molar-refractivity contribution in [1.29, 1.82) is 0 Å². The summed E-state index contributed by atoms with van der Waals surface area (Å²) < 4.78 is 4.78. The van der Waals surface area contributed by atoms with E-state index in [1.165, 1.54) is 32.8 Å². The highest BCUT2D eigenvalue weighted by Gasteiger charge is 2.30. The van der Waals surface area contributed by atoms with Crippen LogP contribution in [0.5, 0.6) is 0 Å². The van der Waals surface area contributed by atoms with Crippen molar-refractivity contribution >= 4 is 12.1 Å². The van der Waals surface area contributed by atoms with Gasteiger partial charge in [-0.25, -0.2) is 9.59 Å². The highest BCUT2D eigenvalue weighted by Crippen LogP contribution is 2.24. The number of urea groups is 1. The van der Waals surface area contributed by atoms with Gasteiger partial charge in [0.05, 0.1) is 7.11 Å². The smallest absolute Gasteiger partial charge is 0.409 e. The fraction of sp³-hybridized carbons (Fsp3) is 0.882. The Morgan fingerprint density at radius 2 is 1.62 bits per heavy atom. The van der Waals surface area contributed by atoms with Gasteiger partial charge in [0.15, 0.2) is 0 Å². The van der Waals surface area contributed by atoms with E-state index < -0.39 is 0 Å². The van der Waals surface area contributed by atoms with E-state index in [1.54, 1.807) is 4.90 Å². The minimum absolute atomic E-state index is 0.0118. The number of nitrogens with zero attached hydrogens (tertiary/aromatic N) is 3. The number of carbonyl (C=O) groups excluding carboxylic acids is 2. The van der Waals surface area contributed by atoms with Gasteiger partial charge in [0.25, 0.3) is 0 Å². The van der Waals surface area contributed by atoms with Crippen LogP contribution in [0.3, 0.4) is 0 Å². The number of carbonyl (C=O) groups is 2. The second-order valence-corrected chi connectivity index (χ2v) is 7.17. The number of amides is 3. The maximum atomic E-state index is 12.5. The largest absolute Gasteiger partial charge is 0.453 e. The molecule has 0 bridgehead atoms. The molecule has 2 saturated heterocycles. The van der Waals surface area contributed by atoms with Crippen molar-refractivity contribution in [2.24, 2.45) is 0 Å². The fourth-order valence-electron chi connectivity index (χ4n) is 4.22. The van der Waals surface area contributed by atoms with E-state index in [0.717, 1.165) is 45.1 Å². The Balaban J connectivity index is 1.43. The summed E-state index contributed by atoms with van der Waals surface area (Å²) in [5.41, 5.74) is 0. The zero-order valence-corrected chi connectivity index (χ0v) is 14.7. The third-order valence-electron chi connectivity index (χ3n) is 5.62. The molecule has 1 saturated carbocycles. The maximum Gasteiger partial charge on any atom is 0.409 e. The second-order valence-electron chi connectivity index (χ2n) is 7.17. The molecule has 0 aromatic rings. The lowest BCUT2D eigenvalue weighted by molar-refractivity contribution is 0.0973. The Morgan fingerprint density at radius 3 is 2.29 bits per heavy atom. The standard InChI is InChI=1S/C17H30N4O3/c1-24-17(23)21-8-4-5-14(13-21)18-16(22)20-11-9-19(10-12-20)15-6-2-3-7-15/h14-15H,2-13H2,1H3,(H,18,22). The highest BCUT2D eigenvalue weighted by molar-refractivity contribution is 5.75. The quantitative estimate of drug-likeness (QED) is 0.828. The average molecular weight is 338 g/mol. The zero-order chi connectivity index (χ0) is 16.9. The summed E-state index contributed by atoms with van der Waals surface area (Å²) in [7, 11) is 1.40. The van der Waals surface area contributed by atoms with Gasteiger partial charge >= 0.3 is 12.1 Å². The first-order valence-electron chi connectivity index (χ1n) is 9.30. The number of ether oxygens (including phenoxy) is 1. The molecule has 1 aliphatic carbocycles. The van der Waals surface area contributed by atoms with Crippen molar-refractivity contribution in [3.05, 3.63) is 0 Å². The predicted octanol–water partition coefficient (Wildman–Crippen LogP) is 1.49. The van der Waals surface area contributed by atoms with Gasteiger partial charge in [0.1, 0.15) is 0 Å². The van der Waals surface area contributed by atoms with E-state index in [2.05, 4.69) is 10.2 Å². The van der Waals surface area contributed by atoms with Gasteiger partial charge in [-0.05, 0) is 25.7 Å². The monoisotopic (exact) mass is 338 g/mol. The van der Waals surface area contributed by atoms with Crippen LogP contribution >= 0.6 is 0 Å². The Morgan fingerprint density at radius 1 is 0.917 bits per heavy atom. The number of nitrogens with one attached hydrogen (secondary N) is 1. The highest BCUT2D eigenvalue weighted by atomic mass is 16.5. The fourth-order valence-corrected chi connectivity index (χ4v) is 4.22. The first-order chi connectivity index (χ1) is 11.7. The molecular weight excluding hydrogens is 308 g/mol. The normalized spacial score (nSPS) is 26.5. The summed E-state index contributed by atoms with van der Waals surface area (Å²) in [5.74, 6) is 0. The molecule has 24 heavy (non-hydrogen) atoms. The topological polar surface area (TPSA) is 65.1 Å². The molecule has 7 nitrogen and oxygen atoms in total. The summed E-state index contributed by atoms with van der Waals surface area (Å²) >= 11 is 0. The summed E-state index contributed by atoms with van der Waals surface area (Å²) in [5, 5.41) is 3.10. The second kappa shape index (κ2) is 8.05. The summed E-state index contributed by atoms with van der Waals surface area (Å²) in [6.45, 7) is 4.82. The molecular formula is C17H30N4O3. The molecule has 3 aliphatic rings. The van der Waals surface area contributed by atoms with Crippen molar-refractivity contribution in [2.45, 2.75) is 50.6 Å². The molecule has 3 amide bonds. The Kier molecular flexibility index (Phi) is 5.81.